The van der Waals surface area contributed by atoms with Crippen LogP contribution in [0.4, 0.5) is 0 Å². The molecule has 0 saturated carbocycles. The Morgan fingerprint density at radius 1 is 1.62 bits per heavy atom. The first-order valence-electron chi connectivity index (χ1n) is 5.48. The van der Waals surface area contributed by atoms with Crippen molar-refractivity contribution < 1.29 is 9.53 Å². The lowest BCUT2D eigenvalue weighted by molar-refractivity contribution is -0.150. The zero-order chi connectivity index (χ0) is 11.4. The summed E-state index contributed by atoms with van der Waals surface area (Å²) in [7, 11) is 0. The van der Waals surface area contributed by atoms with Gasteiger partial charge in [-0.05, 0) is 26.2 Å². The molecule has 1 atom stereocenters. The van der Waals surface area contributed by atoms with E-state index in [1.807, 2.05) is 12.3 Å². The topological polar surface area (TPSA) is 39.2 Å². The number of aromatic nitrogens is 1. The van der Waals surface area contributed by atoms with Crippen LogP contribution in [0.5, 0.6) is 0 Å². The molecule has 86 valence electrons. The number of carbonyl (C=O) groups excluding carboxylic acids is 1. The van der Waals surface area contributed by atoms with Crippen LogP contribution in [0.2, 0.25) is 0 Å². The van der Waals surface area contributed by atoms with Crippen LogP contribution in [0.1, 0.15) is 30.0 Å². The van der Waals surface area contributed by atoms with E-state index in [-0.39, 0.29) is 11.9 Å². The van der Waals surface area contributed by atoms with E-state index >= 15 is 0 Å². The molecule has 0 bridgehead atoms. The minimum Gasteiger partial charge on any atom is -0.458 e. The summed E-state index contributed by atoms with van der Waals surface area (Å²) in [5.74, 6) is -0.0386. The fourth-order valence-corrected chi connectivity index (χ4v) is 2.41. The summed E-state index contributed by atoms with van der Waals surface area (Å²) in [6.07, 6.45) is 6.88. The quantitative estimate of drug-likeness (QED) is 0.599. The average Bonchev–Trinajstić information content (AvgIpc) is 2.73. The first-order valence-corrected chi connectivity index (χ1v) is 6.36. The minimum absolute atomic E-state index is 0.0473. The molecule has 0 unspecified atom stereocenters. The molecule has 2 rings (SSSR count). The monoisotopic (exact) mass is 237 g/mol. The Hall–Kier alpha value is -1.16. The second-order valence-corrected chi connectivity index (χ2v) is 4.91. The number of esters is 1. The van der Waals surface area contributed by atoms with Gasteiger partial charge in [-0.3, -0.25) is 4.79 Å². The first kappa shape index (κ1) is 11.3. The molecule has 1 aromatic rings. The number of allylic oxidation sites excluding steroid dienone is 2. The number of nitrogens with zero attached hydrogens (tertiary/aromatic N) is 1. The van der Waals surface area contributed by atoms with Crippen molar-refractivity contribution in [3.63, 3.8) is 0 Å². The predicted octanol–water partition coefficient (Wildman–Crippen LogP) is 2.85. The van der Waals surface area contributed by atoms with Gasteiger partial charge < -0.3 is 4.74 Å². The lowest BCUT2D eigenvalue weighted by Gasteiger charge is -2.15. The van der Waals surface area contributed by atoms with E-state index in [1.165, 1.54) is 11.3 Å². The van der Waals surface area contributed by atoms with Crippen molar-refractivity contribution in [1.82, 2.24) is 4.98 Å². The van der Waals surface area contributed by atoms with Gasteiger partial charge in [-0.1, -0.05) is 12.2 Å². The highest BCUT2D eigenvalue weighted by Crippen LogP contribution is 2.20. The molecule has 0 fully saturated rings. The predicted molar refractivity (Wildman–Crippen MR) is 63.1 cm³/mol. The van der Waals surface area contributed by atoms with Crippen LogP contribution in [0.15, 0.2) is 17.5 Å². The smallest absolute Gasteiger partial charge is 0.309 e. The maximum absolute atomic E-state index is 11.7. The molecule has 1 aliphatic carbocycles. The van der Waals surface area contributed by atoms with Crippen molar-refractivity contribution in [1.29, 1.82) is 0 Å². The Kier molecular flexibility index (Phi) is 3.72. The van der Waals surface area contributed by atoms with Gasteiger partial charge in [0.25, 0.3) is 0 Å². The number of rotatable bonds is 3. The number of aryl methyl sites for hydroxylation is 1. The molecule has 0 aromatic carbocycles. The molecule has 4 heteroatoms. The van der Waals surface area contributed by atoms with Gasteiger partial charge in [0.15, 0.2) is 0 Å². The normalized spacial score (nSPS) is 19.7. The summed E-state index contributed by atoms with van der Waals surface area (Å²) < 4.78 is 5.26. The Morgan fingerprint density at radius 3 is 3.12 bits per heavy atom. The SMILES string of the molecule is Cc1csc(COC(=O)[C@H]2CC=CCC2)n1. The van der Waals surface area contributed by atoms with Gasteiger partial charge in [-0.15, -0.1) is 11.3 Å². The standard InChI is InChI=1S/C12H15NO2S/c1-9-8-16-11(13-9)7-15-12(14)10-5-3-2-4-6-10/h2-3,8,10H,4-7H2,1H3/t10-/m0/s1. The van der Waals surface area contributed by atoms with Crippen molar-refractivity contribution >= 4 is 17.3 Å². The molecule has 0 aliphatic heterocycles. The van der Waals surface area contributed by atoms with Gasteiger partial charge in [0.05, 0.1) is 5.92 Å². The summed E-state index contributed by atoms with van der Waals surface area (Å²) in [6, 6.07) is 0. The van der Waals surface area contributed by atoms with Crippen LogP contribution >= 0.6 is 11.3 Å². The van der Waals surface area contributed by atoms with Crippen LogP contribution in [0.25, 0.3) is 0 Å². The first-order chi connectivity index (χ1) is 7.75. The number of ether oxygens (including phenoxy) is 1. The summed E-state index contributed by atoms with van der Waals surface area (Å²) >= 11 is 1.54. The largest absolute Gasteiger partial charge is 0.458 e. The zero-order valence-electron chi connectivity index (χ0n) is 9.31. The van der Waals surface area contributed by atoms with E-state index in [2.05, 4.69) is 17.1 Å². The van der Waals surface area contributed by atoms with Gasteiger partial charge in [0.1, 0.15) is 11.6 Å². The third-order valence-electron chi connectivity index (χ3n) is 2.61. The van der Waals surface area contributed by atoms with Gasteiger partial charge in [0.2, 0.25) is 0 Å². The highest BCUT2D eigenvalue weighted by Gasteiger charge is 2.20. The Balaban J connectivity index is 1.81. The van der Waals surface area contributed by atoms with Gasteiger partial charge in [-0.25, -0.2) is 4.98 Å². The maximum Gasteiger partial charge on any atom is 0.309 e. The molecule has 1 aromatic heterocycles. The van der Waals surface area contributed by atoms with Crippen molar-refractivity contribution in [2.45, 2.75) is 32.8 Å². The third-order valence-corrected chi connectivity index (χ3v) is 3.55. The van der Waals surface area contributed by atoms with Crippen LogP contribution in [0.3, 0.4) is 0 Å². The molecule has 3 nitrogen and oxygen atoms in total. The second-order valence-electron chi connectivity index (χ2n) is 3.97. The molecule has 0 spiro atoms. The van der Waals surface area contributed by atoms with Crippen LogP contribution < -0.4 is 0 Å². The Morgan fingerprint density at radius 2 is 2.50 bits per heavy atom. The number of hydrogen-bond donors (Lipinski definition) is 0. The molecular formula is C12H15NO2S. The third kappa shape index (κ3) is 2.92. The number of hydrogen-bond acceptors (Lipinski definition) is 4. The van der Waals surface area contributed by atoms with Crippen LogP contribution in [-0.2, 0) is 16.1 Å². The molecule has 0 radical (unpaired) electrons. The van der Waals surface area contributed by atoms with Gasteiger partial charge in [0, 0.05) is 11.1 Å². The molecule has 0 amide bonds. The lowest BCUT2D eigenvalue weighted by atomic mass is 9.95. The average molecular weight is 237 g/mol. The summed E-state index contributed by atoms with van der Waals surface area (Å²) in [5, 5.41) is 2.84. The molecule has 1 aliphatic rings. The summed E-state index contributed by atoms with van der Waals surface area (Å²) in [5.41, 5.74) is 0.983. The lowest BCUT2D eigenvalue weighted by Crippen LogP contribution is -2.18. The van der Waals surface area contributed by atoms with E-state index in [4.69, 9.17) is 4.74 Å². The molecule has 16 heavy (non-hydrogen) atoms. The van der Waals surface area contributed by atoms with E-state index in [0.717, 1.165) is 30.0 Å². The van der Waals surface area contributed by atoms with E-state index in [0.29, 0.717) is 6.61 Å². The van der Waals surface area contributed by atoms with Gasteiger partial charge >= 0.3 is 5.97 Å². The summed E-state index contributed by atoms with van der Waals surface area (Å²) in [4.78, 5) is 16.0. The number of carbonyl (C=O) groups is 1. The second kappa shape index (κ2) is 5.25. The minimum atomic E-state index is -0.0859. The molecular weight excluding hydrogens is 222 g/mol. The van der Waals surface area contributed by atoms with Crippen molar-refractivity contribution in [3.05, 3.63) is 28.2 Å². The molecule has 1 heterocycles. The fourth-order valence-electron chi connectivity index (χ4n) is 1.73. The van der Waals surface area contributed by atoms with E-state index in [9.17, 15) is 4.79 Å². The van der Waals surface area contributed by atoms with Crippen molar-refractivity contribution in [3.8, 4) is 0 Å². The maximum atomic E-state index is 11.7. The fraction of sp³-hybridized carbons (Fsp3) is 0.500. The molecule has 0 N–H and O–H groups in total. The number of thiazole rings is 1. The van der Waals surface area contributed by atoms with E-state index < -0.39 is 0 Å². The van der Waals surface area contributed by atoms with Crippen molar-refractivity contribution in [2.24, 2.45) is 5.92 Å². The summed E-state index contributed by atoms with van der Waals surface area (Å²) in [6.45, 7) is 2.26. The molecule has 0 saturated heterocycles. The van der Waals surface area contributed by atoms with E-state index in [1.54, 1.807) is 0 Å². The van der Waals surface area contributed by atoms with Gasteiger partial charge in [-0.2, -0.15) is 0 Å². The Bertz CT molecular complexity index is 397. The highest BCUT2D eigenvalue weighted by molar-refractivity contribution is 7.09. The van der Waals surface area contributed by atoms with Crippen LogP contribution in [0, 0.1) is 12.8 Å². The van der Waals surface area contributed by atoms with Crippen LogP contribution in [-0.4, -0.2) is 11.0 Å². The van der Waals surface area contributed by atoms with Crippen molar-refractivity contribution in [2.75, 3.05) is 0 Å². The Labute approximate surface area is 99.2 Å². The highest BCUT2D eigenvalue weighted by atomic mass is 32.1. The zero-order valence-corrected chi connectivity index (χ0v) is 10.1.